The van der Waals surface area contributed by atoms with E-state index in [0.717, 1.165) is 9.77 Å². The molecule has 3 nitrogen and oxygen atoms in total. The second kappa shape index (κ2) is 5.33. The number of aromatic nitrogens is 1. The molecule has 0 unspecified atom stereocenters. The fraction of sp³-hybridized carbons (Fsp3) is 0.167. The summed E-state index contributed by atoms with van der Waals surface area (Å²) in [4.78, 5) is 18.2. The van der Waals surface area contributed by atoms with Gasteiger partial charge in [0.2, 0.25) is 0 Å². The van der Waals surface area contributed by atoms with Gasteiger partial charge < -0.3 is 0 Å². The summed E-state index contributed by atoms with van der Waals surface area (Å²) in [5.41, 5.74) is 0.688. The second-order valence-corrected chi connectivity index (χ2v) is 5.51. The number of amides is 1. The van der Waals surface area contributed by atoms with E-state index >= 15 is 0 Å². The summed E-state index contributed by atoms with van der Waals surface area (Å²) in [6.07, 6.45) is 3.71. The van der Waals surface area contributed by atoms with E-state index in [2.05, 4.69) is 10.3 Å². The lowest BCUT2D eigenvalue weighted by Gasteiger charge is -2.05. The van der Waals surface area contributed by atoms with Gasteiger partial charge in [-0.15, -0.1) is 23.1 Å². The van der Waals surface area contributed by atoms with E-state index in [1.165, 1.54) is 11.3 Å². The van der Waals surface area contributed by atoms with Crippen LogP contribution in [0.15, 0.2) is 35.4 Å². The summed E-state index contributed by atoms with van der Waals surface area (Å²) in [6, 6.07) is 7.55. The van der Waals surface area contributed by atoms with Crippen molar-refractivity contribution < 1.29 is 4.79 Å². The van der Waals surface area contributed by atoms with Gasteiger partial charge in [-0.2, -0.15) is 0 Å². The number of hydrogen-bond donors (Lipinski definition) is 1. The maximum atomic E-state index is 12.0. The van der Waals surface area contributed by atoms with Crippen LogP contribution in [0.1, 0.15) is 15.2 Å². The molecule has 0 fully saturated rings. The molecule has 0 atom stereocenters. The third-order valence-electron chi connectivity index (χ3n) is 2.19. The summed E-state index contributed by atoms with van der Waals surface area (Å²) in [6.45, 7) is 1.96. The molecule has 2 aromatic rings. The highest BCUT2D eigenvalue weighted by Crippen LogP contribution is 2.22. The highest BCUT2D eigenvalue weighted by molar-refractivity contribution is 7.98. The predicted molar refractivity (Wildman–Crippen MR) is 73.0 cm³/mol. The molecule has 1 N–H and O–H groups in total. The lowest BCUT2D eigenvalue weighted by atomic mass is 10.2. The first-order valence-electron chi connectivity index (χ1n) is 5.07. The van der Waals surface area contributed by atoms with Gasteiger partial charge in [0.25, 0.3) is 5.91 Å². The zero-order valence-corrected chi connectivity index (χ0v) is 11.2. The number of nitrogens with one attached hydrogen (secondary N) is 1. The van der Waals surface area contributed by atoms with Crippen molar-refractivity contribution in [2.75, 3.05) is 11.6 Å². The van der Waals surface area contributed by atoms with E-state index in [0.29, 0.717) is 10.7 Å². The molecule has 0 saturated heterocycles. The third kappa shape index (κ3) is 2.87. The van der Waals surface area contributed by atoms with Gasteiger partial charge in [0.05, 0.1) is 5.56 Å². The number of thiazole rings is 1. The van der Waals surface area contributed by atoms with Gasteiger partial charge in [-0.25, -0.2) is 4.98 Å². The molecule has 1 aromatic carbocycles. The molecule has 17 heavy (non-hydrogen) atoms. The Labute approximate surface area is 108 Å². The minimum atomic E-state index is -0.107. The molecule has 0 radical (unpaired) electrons. The Balaban J connectivity index is 2.20. The summed E-state index contributed by atoms with van der Waals surface area (Å²) in [5, 5.41) is 3.45. The standard InChI is InChI=1S/C12H12N2OS2/c1-8-7-13-12(17-8)14-11(15)9-5-3-4-6-10(9)16-2/h3-7H,1-2H3,(H,13,14,15). The van der Waals surface area contributed by atoms with Crippen molar-refractivity contribution in [3.63, 3.8) is 0 Å². The van der Waals surface area contributed by atoms with Gasteiger partial charge in [0.1, 0.15) is 0 Å². The molecule has 1 amide bonds. The molecule has 0 aliphatic rings. The molecule has 2 rings (SSSR count). The molecule has 1 aromatic heterocycles. The highest BCUT2D eigenvalue weighted by Gasteiger charge is 2.11. The Hall–Kier alpha value is -1.33. The molecule has 0 aliphatic carbocycles. The Kier molecular flexibility index (Phi) is 3.81. The zero-order valence-electron chi connectivity index (χ0n) is 9.56. The largest absolute Gasteiger partial charge is 0.298 e. The number of aryl methyl sites for hydroxylation is 1. The van der Waals surface area contributed by atoms with E-state index in [1.807, 2.05) is 37.4 Å². The molecule has 5 heteroatoms. The summed E-state index contributed by atoms with van der Waals surface area (Å²) >= 11 is 3.04. The monoisotopic (exact) mass is 264 g/mol. The number of carbonyl (C=O) groups excluding carboxylic acids is 1. The lowest BCUT2D eigenvalue weighted by Crippen LogP contribution is -2.12. The number of rotatable bonds is 3. The van der Waals surface area contributed by atoms with Gasteiger partial charge in [-0.05, 0) is 25.3 Å². The van der Waals surface area contributed by atoms with Crippen molar-refractivity contribution in [2.45, 2.75) is 11.8 Å². The quantitative estimate of drug-likeness (QED) is 0.864. The summed E-state index contributed by atoms with van der Waals surface area (Å²) < 4.78 is 0. The van der Waals surface area contributed by atoms with Gasteiger partial charge in [0, 0.05) is 16.0 Å². The average Bonchev–Trinajstić information content (AvgIpc) is 2.74. The SMILES string of the molecule is CSc1ccccc1C(=O)Nc1ncc(C)s1. The van der Waals surface area contributed by atoms with Crippen LogP contribution >= 0.6 is 23.1 Å². The third-order valence-corrected chi connectivity index (χ3v) is 3.82. The molecular formula is C12H12N2OS2. The van der Waals surface area contributed by atoms with Crippen molar-refractivity contribution in [1.82, 2.24) is 4.98 Å². The Morgan fingerprint density at radius 3 is 2.82 bits per heavy atom. The number of nitrogens with zero attached hydrogens (tertiary/aromatic N) is 1. The fourth-order valence-electron chi connectivity index (χ4n) is 1.41. The first kappa shape index (κ1) is 12.1. The van der Waals surface area contributed by atoms with Crippen molar-refractivity contribution in [1.29, 1.82) is 0 Å². The van der Waals surface area contributed by atoms with Crippen LogP contribution in [0, 0.1) is 6.92 Å². The van der Waals surface area contributed by atoms with E-state index in [4.69, 9.17) is 0 Å². The van der Waals surface area contributed by atoms with Gasteiger partial charge in [-0.1, -0.05) is 12.1 Å². The van der Waals surface area contributed by atoms with Crippen LogP contribution in [0.5, 0.6) is 0 Å². The van der Waals surface area contributed by atoms with Gasteiger partial charge in [-0.3, -0.25) is 10.1 Å². The minimum Gasteiger partial charge on any atom is -0.298 e. The first-order valence-corrected chi connectivity index (χ1v) is 7.11. The minimum absolute atomic E-state index is 0.107. The normalized spacial score (nSPS) is 10.2. The molecule has 0 bridgehead atoms. The van der Waals surface area contributed by atoms with Crippen molar-refractivity contribution >= 4 is 34.1 Å². The molecular weight excluding hydrogens is 252 g/mol. The van der Waals surface area contributed by atoms with Crippen molar-refractivity contribution in [3.05, 3.63) is 40.9 Å². The number of thioether (sulfide) groups is 1. The lowest BCUT2D eigenvalue weighted by molar-refractivity contribution is 0.102. The maximum absolute atomic E-state index is 12.0. The zero-order chi connectivity index (χ0) is 12.3. The Morgan fingerprint density at radius 1 is 1.41 bits per heavy atom. The van der Waals surface area contributed by atoms with E-state index in [-0.39, 0.29) is 5.91 Å². The Morgan fingerprint density at radius 2 is 2.18 bits per heavy atom. The van der Waals surface area contributed by atoms with Crippen LogP contribution in [0.25, 0.3) is 0 Å². The van der Waals surface area contributed by atoms with E-state index in [9.17, 15) is 4.79 Å². The molecule has 1 heterocycles. The number of anilines is 1. The molecule has 0 saturated carbocycles. The first-order chi connectivity index (χ1) is 8.20. The van der Waals surface area contributed by atoms with Crippen LogP contribution in [-0.2, 0) is 0 Å². The predicted octanol–water partition coefficient (Wildman–Crippen LogP) is 3.43. The molecule has 88 valence electrons. The number of hydrogen-bond acceptors (Lipinski definition) is 4. The summed E-state index contributed by atoms with van der Waals surface area (Å²) in [5.74, 6) is -0.107. The smallest absolute Gasteiger partial charge is 0.258 e. The highest BCUT2D eigenvalue weighted by atomic mass is 32.2. The average molecular weight is 264 g/mol. The fourth-order valence-corrected chi connectivity index (χ4v) is 2.66. The van der Waals surface area contributed by atoms with E-state index in [1.54, 1.807) is 18.0 Å². The maximum Gasteiger partial charge on any atom is 0.258 e. The molecule has 0 aliphatic heterocycles. The van der Waals surface area contributed by atoms with Crippen LogP contribution in [0.4, 0.5) is 5.13 Å². The number of carbonyl (C=O) groups is 1. The second-order valence-electron chi connectivity index (χ2n) is 3.43. The van der Waals surface area contributed by atoms with Crippen LogP contribution in [0.2, 0.25) is 0 Å². The van der Waals surface area contributed by atoms with Gasteiger partial charge in [0.15, 0.2) is 5.13 Å². The van der Waals surface area contributed by atoms with Crippen molar-refractivity contribution in [3.8, 4) is 0 Å². The Bertz CT molecular complexity index is 537. The van der Waals surface area contributed by atoms with E-state index < -0.39 is 0 Å². The van der Waals surface area contributed by atoms with Crippen molar-refractivity contribution in [2.24, 2.45) is 0 Å². The number of benzene rings is 1. The van der Waals surface area contributed by atoms with Crippen LogP contribution in [0.3, 0.4) is 0 Å². The van der Waals surface area contributed by atoms with Gasteiger partial charge >= 0.3 is 0 Å². The topological polar surface area (TPSA) is 42.0 Å². The summed E-state index contributed by atoms with van der Waals surface area (Å²) in [7, 11) is 0. The van der Waals surface area contributed by atoms with Crippen LogP contribution < -0.4 is 5.32 Å². The van der Waals surface area contributed by atoms with Crippen LogP contribution in [-0.4, -0.2) is 17.1 Å². The molecule has 0 spiro atoms.